The third kappa shape index (κ3) is 3.92. The highest BCUT2D eigenvalue weighted by atomic mass is 32.2. The Hall–Kier alpha value is -3.58. The third-order valence-corrected chi connectivity index (χ3v) is 6.54. The van der Waals surface area contributed by atoms with Gasteiger partial charge < -0.3 is 0 Å². The van der Waals surface area contributed by atoms with Crippen molar-refractivity contribution < 1.29 is 13.2 Å². The minimum atomic E-state index is -4.03. The monoisotopic (exact) mass is 431 g/mol. The molecule has 31 heavy (non-hydrogen) atoms. The van der Waals surface area contributed by atoms with Crippen molar-refractivity contribution in [2.75, 3.05) is 0 Å². The van der Waals surface area contributed by atoms with Crippen LogP contribution in [-0.4, -0.2) is 25.0 Å². The van der Waals surface area contributed by atoms with Crippen LogP contribution in [0, 0.1) is 0 Å². The first kappa shape index (κ1) is 20.7. The molecule has 1 N–H and O–H groups in total. The molecule has 1 aromatic heterocycles. The van der Waals surface area contributed by atoms with Crippen LogP contribution in [-0.2, 0) is 21.2 Å². The van der Waals surface area contributed by atoms with E-state index in [2.05, 4.69) is 14.7 Å². The molecule has 0 saturated carbocycles. The van der Waals surface area contributed by atoms with Crippen LogP contribution in [0.2, 0.25) is 0 Å². The van der Waals surface area contributed by atoms with Crippen LogP contribution < -0.4 is 4.72 Å². The Labute approximate surface area is 181 Å². The fraction of sp³-hybridized carbons (Fsp3) is 0.125. The van der Waals surface area contributed by atoms with Crippen molar-refractivity contribution in [1.82, 2.24) is 9.71 Å². The summed E-state index contributed by atoms with van der Waals surface area (Å²) in [6.45, 7) is 3.70. The summed E-state index contributed by atoms with van der Waals surface area (Å²) in [6.07, 6.45) is 5.63. The summed E-state index contributed by atoms with van der Waals surface area (Å²) in [5.74, 6) is -0.777. The lowest BCUT2D eigenvalue weighted by Crippen LogP contribution is -2.31. The summed E-state index contributed by atoms with van der Waals surface area (Å²) in [5.41, 5.74) is 2.55. The Morgan fingerprint density at radius 1 is 1.06 bits per heavy atom. The molecule has 7 heteroatoms. The van der Waals surface area contributed by atoms with Crippen LogP contribution in [0.5, 0.6) is 0 Å². The molecule has 0 aliphatic carbocycles. The van der Waals surface area contributed by atoms with Gasteiger partial charge in [-0.1, -0.05) is 55.5 Å². The molecule has 6 nitrogen and oxygen atoms in total. The summed E-state index contributed by atoms with van der Waals surface area (Å²) in [6, 6.07) is 16.3. The predicted molar refractivity (Wildman–Crippen MR) is 121 cm³/mol. The number of amides is 1. The lowest BCUT2D eigenvalue weighted by Gasteiger charge is -2.10. The SMILES string of the molecule is C/C=C1\C=C(C(=O)NS(=O)(=O)c2ccccc2CC)N=C1c1nccc2ccccc12. The molecule has 0 bridgehead atoms. The number of nitrogens with one attached hydrogen (secondary N) is 1. The van der Waals surface area contributed by atoms with E-state index in [1.807, 2.05) is 50.3 Å². The Morgan fingerprint density at radius 3 is 2.58 bits per heavy atom. The van der Waals surface area contributed by atoms with Gasteiger partial charge in [-0.15, -0.1) is 0 Å². The van der Waals surface area contributed by atoms with Crippen molar-refractivity contribution in [1.29, 1.82) is 0 Å². The van der Waals surface area contributed by atoms with E-state index in [1.54, 1.807) is 30.5 Å². The van der Waals surface area contributed by atoms with E-state index in [-0.39, 0.29) is 10.6 Å². The van der Waals surface area contributed by atoms with Gasteiger partial charge in [0, 0.05) is 17.2 Å². The number of hydrogen-bond donors (Lipinski definition) is 1. The number of carbonyl (C=O) groups is 1. The molecule has 3 aromatic rings. The second kappa shape index (κ2) is 8.28. The maximum atomic E-state index is 12.8. The highest BCUT2D eigenvalue weighted by Gasteiger charge is 2.27. The van der Waals surface area contributed by atoms with Gasteiger partial charge in [-0.05, 0) is 42.5 Å². The van der Waals surface area contributed by atoms with Gasteiger partial charge in [0.15, 0.2) is 0 Å². The zero-order valence-corrected chi connectivity index (χ0v) is 18.0. The van der Waals surface area contributed by atoms with Crippen LogP contribution in [0.1, 0.15) is 25.1 Å². The maximum absolute atomic E-state index is 12.8. The molecular formula is C24H21N3O3S. The van der Waals surface area contributed by atoms with E-state index >= 15 is 0 Å². The number of aliphatic imine (C=N–C) groups is 1. The number of benzene rings is 2. The van der Waals surface area contributed by atoms with Crippen molar-refractivity contribution in [3.05, 3.63) is 95.5 Å². The Balaban J connectivity index is 1.69. The van der Waals surface area contributed by atoms with Crippen LogP contribution in [0.15, 0.2) is 94.1 Å². The van der Waals surface area contributed by atoms with Crippen LogP contribution in [0.4, 0.5) is 0 Å². The zero-order valence-electron chi connectivity index (χ0n) is 17.2. The van der Waals surface area contributed by atoms with Gasteiger partial charge in [0.1, 0.15) is 5.70 Å². The number of hydrogen-bond acceptors (Lipinski definition) is 5. The van der Waals surface area contributed by atoms with Crippen molar-refractivity contribution >= 4 is 32.4 Å². The molecule has 0 atom stereocenters. The fourth-order valence-electron chi connectivity index (χ4n) is 3.55. The van der Waals surface area contributed by atoms with E-state index in [0.717, 1.165) is 10.8 Å². The van der Waals surface area contributed by atoms with E-state index in [1.165, 1.54) is 6.07 Å². The number of carbonyl (C=O) groups excluding carboxylic acids is 1. The number of pyridine rings is 1. The first-order valence-corrected chi connectivity index (χ1v) is 11.4. The van der Waals surface area contributed by atoms with Crippen LogP contribution in [0.25, 0.3) is 10.8 Å². The molecule has 1 amide bonds. The molecule has 0 unspecified atom stereocenters. The zero-order chi connectivity index (χ0) is 22.0. The molecule has 0 saturated heterocycles. The lowest BCUT2D eigenvalue weighted by molar-refractivity contribution is -0.115. The van der Waals surface area contributed by atoms with Gasteiger partial charge in [0.2, 0.25) is 0 Å². The third-order valence-electron chi connectivity index (χ3n) is 5.11. The summed E-state index contributed by atoms with van der Waals surface area (Å²) in [5, 5.41) is 1.91. The molecule has 1 aliphatic heterocycles. The molecule has 0 fully saturated rings. The molecule has 2 aromatic carbocycles. The van der Waals surface area contributed by atoms with Crippen molar-refractivity contribution in [3.63, 3.8) is 0 Å². The average molecular weight is 432 g/mol. The largest absolute Gasteiger partial charge is 0.283 e. The first-order chi connectivity index (χ1) is 14.9. The van der Waals surface area contributed by atoms with Gasteiger partial charge in [-0.2, -0.15) is 0 Å². The topological polar surface area (TPSA) is 88.5 Å². The molecule has 156 valence electrons. The minimum Gasteiger partial charge on any atom is -0.266 e. The molecule has 1 aliphatic rings. The number of fused-ring (bicyclic) bond motifs is 1. The number of allylic oxidation sites excluding steroid dienone is 3. The van der Waals surface area contributed by atoms with Crippen molar-refractivity contribution in [2.24, 2.45) is 4.99 Å². The van der Waals surface area contributed by atoms with Gasteiger partial charge in [0.25, 0.3) is 15.9 Å². The number of aryl methyl sites for hydroxylation is 1. The molecule has 0 radical (unpaired) electrons. The summed E-state index contributed by atoms with van der Waals surface area (Å²) < 4.78 is 27.8. The number of nitrogens with zero attached hydrogens (tertiary/aromatic N) is 2. The minimum absolute atomic E-state index is 0.0235. The van der Waals surface area contributed by atoms with Gasteiger partial charge in [0.05, 0.1) is 16.3 Å². The summed E-state index contributed by atoms with van der Waals surface area (Å²) >= 11 is 0. The Bertz CT molecular complexity index is 1380. The fourth-order valence-corrected chi connectivity index (χ4v) is 4.83. The Kier molecular flexibility index (Phi) is 5.52. The van der Waals surface area contributed by atoms with Gasteiger partial charge in [-0.25, -0.2) is 18.1 Å². The second-order valence-corrected chi connectivity index (χ2v) is 8.66. The highest BCUT2D eigenvalue weighted by molar-refractivity contribution is 7.90. The van der Waals surface area contributed by atoms with Crippen LogP contribution in [0.3, 0.4) is 0 Å². The van der Waals surface area contributed by atoms with Crippen LogP contribution >= 0.6 is 0 Å². The summed E-state index contributed by atoms with van der Waals surface area (Å²) in [4.78, 5) is 21.8. The maximum Gasteiger partial charge on any atom is 0.283 e. The molecule has 4 rings (SSSR count). The van der Waals surface area contributed by atoms with E-state index < -0.39 is 15.9 Å². The number of aromatic nitrogens is 1. The van der Waals surface area contributed by atoms with Crippen molar-refractivity contribution in [2.45, 2.75) is 25.2 Å². The molecular weight excluding hydrogens is 410 g/mol. The van der Waals surface area contributed by atoms with Gasteiger partial charge >= 0.3 is 0 Å². The van der Waals surface area contributed by atoms with E-state index in [0.29, 0.717) is 29.0 Å². The molecule has 2 heterocycles. The number of sulfonamides is 1. The quantitative estimate of drug-likeness (QED) is 0.663. The van der Waals surface area contributed by atoms with E-state index in [4.69, 9.17) is 0 Å². The Morgan fingerprint density at radius 2 is 1.81 bits per heavy atom. The standard InChI is InChI=1S/C24H21N3O3S/c1-3-16-9-6-8-12-21(16)31(29,30)27-24(28)20-15-17(4-2)22(26-20)23-19-11-7-5-10-18(19)13-14-25-23/h4-15H,3H2,1-2H3,(H,27,28)/b17-4+. The summed E-state index contributed by atoms with van der Waals surface area (Å²) in [7, 11) is -4.03. The highest BCUT2D eigenvalue weighted by Crippen LogP contribution is 2.26. The average Bonchev–Trinajstić information content (AvgIpc) is 3.23. The normalized spacial score (nSPS) is 15.1. The molecule has 0 spiro atoms. The first-order valence-electron chi connectivity index (χ1n) is 9.91. The second-order valence-electron chi connectivity index (χ2n) is 7.01. The van der Waals surface area contributed by atoms with Crippen molar-refractivity contribution in [3.8, 4) is 0 Å². The predicted octanol–water partition coefficient (Wildman–Crippen LogP) is 3.94. The lowest BCUT2D eigenvalue weighted by atomic mass is 10.0. The smallest absolute Gasteiger partial charge is 0.266 e. The van der Waals surface area contributed by atoms with Gasteiger partial charge in [-0.3, -0.25) is 9.78 Å². The number of rotatable bonds is 5. The van der Waals surface area contributed by atoms with E-state index in [9.17, 15) is 13.2 Å².